The van der Waals surface area contributed by atoms with Crippen molar-refractivity contribution in [2.45, 2.75) is 18.9 Å². The van der Waals surface area contributed by atoms with Crippen LogP contribution >= 0.6 is 11.6 Å². The van der Waals surface area contributed by atoms with E-state index < -0.39 is 0 Å². The predicted octanol–water partition coefficient (Wildman–Crippen LogP) is 2.36. The van der Waals surface area contributed by atoms with E-state index >= 15 is 0 Å². The molecule has 0 radical (unpaired) electrons. The fourth-order valence-electron chi connectivity index (χ4n) is 2.60. The number of carbonyl (C=O) groups excluding carboxylic acids is 2. The Hall–Kier alpha value is -2.34. The van der Waals surface area contributed by atoms with Gasteiger partial charge in [-0.05, 0) is 37.1 Å². The van der Waals surface area contributed by atoms with Crippen LogP contribution in [0.4, 0.5) is 0 Å². The average molecular weight is 334 g/mol. The van der Waals surface area contributed by atoms with Gasteiger partial charge in [0.05, 0.1) is 11.3 Å². The Bertz CT molecular complexity index is 685. The van der Waals surface area contributed by atoms with Gasteiger partial charge in [0.1, 0.15) is 5.69 Å². The molecular weight excluding hydrogens is 318 g/mol. The van der Waals surface area contributed by atoms with Gasteiger partial charge in [-0.2, -0.15) is 0 Å². The van der Waals surface area contributed by atoms with E-state index in [1.54, 1.807) is 29.2 Å². The number of rotatable bonds is 3. The lowest BCUT2D eigenvalue weighted by atomic mass is 10.1. The number of piperidine rings is 1. The molecule has 2 aromatic rings. The van der Waals surface area contributed by atoms with Crippen LogP contribution in [0.2, 0.25) is 5.02 Å². The van der Waals surface area contributed by atoms with Crippen LogP contribution in [0.25, 0.3) is 0 Å². The van der Waals surface area contributed by atoms with Crippen molar-refractivity contribution in [2.75, 3.05) is 13.1 Å². The fourth-order valence-corrected chi connectivity index (χ4v) is 2.72. The number of halogens is 1. The van der Waals surface area contributed by atoms with Crippen LogP contribution in [0, 0.1) is 0 Å². The van der Waals surface area contributed by atoms with Crippen molar-refractivity contribution in [3.63, 3.8) is 0 Å². The van der Waals surface area contributed by atoms with E-state index in [9.17, 15) is 9.59 Å². The summed E-state index contributed by atoms with van der Waals surface area (Å²) in [6, 6.07) is 6.42. The van der Waals surface area contributed by atoms with E-state index in [4.69, 9.17) is 16.0 Å². The molecule has 0 spiro atoms. The molecule has 1 atom stereocenters. The average Bonchev–Trinajstić information content (AvgIpc) is 3.09. The quantitative estimate of drug-likeness (QED) is 0.935. The maximum Gasteiger partial charge on any atom is 0.289 e. The van der Waals surface area contributed by atoms with Crippen LogP contribution in [0.1, 0.15) is 33.9 Å². The van der Waals surface area contributed by atoms with Crippen molar-refractivity contribution < 1.29 is 14.0 Å². The van der Waals surface area contributed by atoms with Crippen molar-refractivity contribution in [1.82, 2.24) is 15.2 Å². The van der Waals surface area contributed by atoms with Gasteiger partial charge in [0.25, 0.3) is 11.8 Å². The number of aromatic nitrogens is 1. The number of nitrogens with zero attached hydrogens (tertiary/aromatic N) is 2. The van der Waals surface area contributed by atoms with E-state index in [0.29, 0.717) is 29.6 Å². The first-order chi connectivity index (χ1) is 11.1. The Morgan fingerprint density at radius 1 is 1.35 bits per heavy atom. The Morgan fingerprint density at radius 2 is 2.22 bits per heavy atom. The molecule has 1 saturated heterocycles. The number of likely N-dealkylation sites (tertiary alicyclic amines) is 1. The number of hydrogen-bond donors (Lipinski definition) is 1. The summed E-state index contributed by atoms with van der Waals surface area (Å²) in [5.74, 6) is -0.103. The monoisotopic (exact) mass is 333 g/mol. The Kier molecular flexibility index (Phi) is 4.62. The zero-order chi connectivity index (χ0) is 16.2. The van der Waals surface area contributed by atoms with E-state index in [1.165, 1.54) is 12.5 Å². The highest BCUT2D eigenvalue weighted by atomic mass is 35.5. The van der Waals surface area contributed by atoms with Crippen molar-refractivity contribution >= 4 is 23.4 Å². The van der Waals surface area contributed by atoms with Crippen molar-refractivity contribution in [2.24, 2.45) is 0 Å². The first-order valence-electron chi connectivity index (χ1n) is 7.38. The maximum absolute atomic E-state index is 12.3. The highest BCUT2D eigenvalue weighted by Crippen LogP contribution is 2.15. The number of amides is 2. The third-order valence-electron chi connectivity index (χ3n) is 3.74. The van der Waals surface area contributed by atoms with Gasteiger partial charge in [0.2, 0.25) is 0 Å². The van der Waals surface area contributed by atoms with Crippen LogP contribution in [0.5, 0.6) is 0 Å². The summed E-state index contributed by atoms with van der Waals surface area (Å²) in [5.41, 5.74) is 0.309. The molecule has 1 aliphatic heterocycles. The van der Waals surface area contributed by atoms with Crippen LogP contribution in [-0.2, 0) is 0 Å². The van der Waals surface area contributed by atoms with Gasteiger partial charge in [-0.25, -0.2) is 4.98 Å². The van der Waals surface area contributed by atoms with Gasteiger partial charge in [0.15, 0.2) is 5.76 Å². The lowest BCUT2D eigenvalue weighted by Gasteiger charge is -2.32. The van der Waals surface area contributed by atoms with Crippen molar-refractivity contribution in [3.8, 4) is 0 Å². The Labute approximate surface area is 138 Å². The van der Waals surface area contributed by atoms with Gasteiger partial charge in [0, 0.05) is 25.3 Å². The third-order valence-corrected chi connectivity index (χ3v) is 3.96. The summed E-state index contributed by atoms with van der Waals surface area (Å²) >= 11 is 5.76. The minimum Gasteiger partial charge on any atom is -0.459 e. The lowest BCUT2D eigenvalue weighted by Crippen LogP contribution is -2.49. The highest BCUT2D eigenvalue weighted by molar-refractivity contribution is 6.30. The minimum atomic E-state index is -0.265. The lowest BCUT2D eigenvalue weighted by molar-refractivity contribution is 0.0646. The summed E-state index contributed by atoms with van der Waals surface area (Å²) in [6.45, 7) is 1.12. The molecule has 7 heteroatoms. The van der Waals surface area contributed by atoms with Crippen LogP contribution in [0.3, 0.4) is 0 Å². The molecule has 3 heterocycles. The smallest absolute Gasteiger partial charge is 0.289 e. The second-order valence-corrected chi connectivity index (χ2v) is 5.84. The maximum atomic E-state index is 12.3. The van der Waals surface area contributed by atoms with Gasteiger partial charge in [-0.15, -0.1) is 0 Å². The van der Waals surface area contributed by atoms with Crippen molar-refractivity contribution in [1.29, 1.82) is 0 Å². The number of nitrogens with one attached hydrogen (secondary N) is 1. The van der Waals surface area contributed by atoms with Crippen molar-refractivity contribution in [3.05, 3.63) is 53.2 Å². The molecule has 1 fully saturated rings. The normalized spacial score (nSPS) is 17.8. The second kappa shape index (κ2) is 6.83. The zero-order valence-corrected chi connectivity index (χ0v) is 13.1. The minimum absolute atomic E-state index is 0.104. The molecule has 1 unspecified atom stereocenters. The number of furan rings is 1. The molecule has 120 valence electrons. The number of pyridine rings is 1. The molecule has 2 aromatic heterocycles. The largest absolute Gasteiger partial charge is 0.459 e. The molecule has 3 rings (SSSR count). The molecule has 6 nitrogen and oxygen atoms in total. The number of hydrogen-bond acceptors (Lipinski definition) is 4. The Balaban J connectivity index is 1.61. The summed E-state index contributed by atoms with van der Waals surface area (Å²) in [4.78, 5) is 30.2. The summed E-state index contributed by atoms with van der Waals surface area (Å²) in [5, 5.41) is 3.40. The molecule has 0 aromatic carbocycles. The van der Waals surface area contributed by atoms with E-state index in [0.717, 1.165) is 12.8 Å². The molecule has 0 bridgehead atoms. The first kappa shape index (κ1) is 15.6. The summed E-state index contributed by atoms with van der Waals surface area (Å²) in [7, 11) is 0. The fraction of sp³-hybridized carbons (Fsp3) is 0.312. The van der Waals surface area contributed by atoms with Gasteiger partial charge in [-0.1, -0.05) is 11.6 Å². The van der Waals surface area contributed by atoms with E-state index in [2.05, 4.69) is 10.3 Å². The summed E-state index contributed by atoms with van der Waals surface area (Å²) < 4.78 is 5.14. The third kappa shape index (κ3) is 3.71. The molecule has 2 amide bonds. The Morgan fingerprint density at radius 3 is 2.91 bits per heavy atom. The van der Waals surface area contributed by atoms with E-state index in [1.807, 2.05) is 0 Å². The second-order valence-electron chi connectivity index (χ2n) is 5.40. The predicted molar refractivity (Wildman–Crippen MR) is 84.3 cm³/mol. The van der Waals surface area contributed by atoms with E-state index in [-0.39, 0.29) is 17.9 Å². The SMILES string of the molecule is O=C(NC1CCCN(C(=O)c2ccco2)C1)c1ccc(Cl)cn1. The zero-order valence-electron chi connectivity index (χ0n) is 12.4. The molecule has 0 aliphatic carbocycles. The first-order valence-corrected chi connectivity index (χ1v) is 7.76. The molecule has 0 saturated carbocycles. The van der Waals surface area contributed by atoms with Crippen LogP contribution < -0.4 is 5.32 Å². The molecular formula is C16H16ClN3O3. The topological polar surface area (TPSA) is 75.4 Å². The molecule has 1 aliphatic rings. The standard InChI is InChI=1S/C16H16ClN3O3/c17-11-5-6-13(18-9-11)15(21)19-12-3-1-7-20(10-12)16(22)14-4-2-8-23-14/h2,4-6,8-9,12H,1,3,7,10H2,(H,19,21). The van der Waals surface area contributed by atoms with Gasteiger partial charge >= 0.3 is 0 Å². The molecule has 1 N–H and O–H groups in total. The van der Waals surface area contributed by atoms with Crippen LogP contribution in [0.15, 0.2) is 41.1 Å². The van der Waals surface area contributed by atoms with Gasteiger partial charge < -0.3 is 14.6 Å². The highest BCUT2D eigenvalue weighted by Gasteiger charge is 2.27. The van der Waals surface area contributed by atoms with Crippen LogP contribution in [-0.4, -0.2) is 40.8 Å². The summed E-state index contributed by atoms with van der Waals surface area (Å²) in [6.07, 6.45) is 4.55. The van der Waals surface area contributed by atoms with Gasteiger partial charge in [-0.3, -0.25) is 9.59 Å². The molecule has 23 heavy (non-hydrogen) atoms. The number of carbonyl (C=O) groups is 2.